The fourth-order valence-corrected chi connectivity index (χ4v) is 6.33. The molecule has 2 unspecified atom stereocenters. The Kier molecular flexibility index (Phi) is 7.99. The molecular formula is C25H33N3O5S. The predicted octanol–water partition coefficient (Wildman–Crippen LogP) is 1.30. The van der Waals surface area contributed by atoms with Crippen molar-refractivity contribution in [1.82, 2.24) is 10.6 Å². The zero-order chi connectivity index (χ0) is 24.9. The number of amides is 2. The van der Waals surface area contributed by atoms with Crippen LogP contribution in [0.3, 0.4) is 0 Å². The largest absolute Gasteiger partial charge is 0.508 e. The van der Waals surface area contributed by atoms with Crippen molar-refractivity contribution in [3.63, 3.8) is 0 Å². The Morgan fingerprint density at radius 1 is 1.15 bits per heavy atom. The molecular weight excluding hydrogens is 454 g/mol. The average Bonchev–Trinajstić information content (AvgIpc) is 3.09. The third kappa shape index (κ3) is 6.36. The zero-order valence-corrected chi connectivity index (χ0v) is 20.5. The van der Waals surface area contributed by atoms with Crippen molar-refractivity contribution in [3.8, 4) is 5.75 Å². The van der Waals surface area contributed by atoms with Crippen molar-refractivity contribution in [1.29, 1.82) is 0 Å². The summed E-state index contributed by atoms with van der Waals surface area (Å²) in [6.07, 6.45) is 1.67. The average molecular weight is 488 g/mol. The standard InChI is InChI=1S/C25H33N3O5S/c1-17-13-20(29)14-18(2)21(17)15-22(26)23(30)28-25(10-12-34(32,33)16-25)24(31)27-11-6-9-19-7-4-3-5-8-19/h3-5,7-8,13-14,22,29H,6,9-12,15-16,26H2,1-2H3,(H,27,31)(H,28,30). The first kappa shape index (κ1) is 25.7. The molecule has 2 aromatic carbocycles. The molecule has 2 aromatic rings. The number of aryl methyl sites for hydroxylation is 3. The molecule has 3 rings (SSSR count). The van der Waals surface area contributed by atoms with Gasteiger partial charge in [-0.2, -0.15) is 0 Å². The monoisotopic (exact) mass is 487 g/mol. The number of phenols is 1. The van der Waals surface area contributed by atoms with E-state index in [9.17, 15) is 23.1 Å². The van der Waals surface area contributed by atoms with E-state index < -0.39 is 39.0 Å². The summed E-state index contributed by atoms with van der Waals surface area (Å²) < 4.78 is 24.5. The molecule has 0 aromatic heterocycles. The molecule has 1 heterocycles. The van der Waals surface area contributed by atoms with Crippen molar-refractivity contribution < 1.29 is 23.1 Å². The quantitative estimate of drug-likeness (QED) is 0.393. The van der Waals surface area contributed by atoms with Crippen LogP contribution in [0.5, 0.6) is 5.75 Å². The maximum absolute atomic E-state index is 13.1. The molecule has 9 heteroatoms. The summed E-state index contributed by atoms with van der Waals surface area (Å²) in [5, 5.41) is 15.2. The lowest BCUT2D eigenvalue weighted by molar-refractivity contribution is -0.133. The molecule has 0 bridgehead atoms. The first-order valence-corrected chi connectivity index (χ1v) is 13.2. The van der Waals surface area contributed by atoms with E-state index in [1.807, 2.05) is 44.2 Å². The third-order valence-corrected chi connectivity index (χ3v) is 8.07. The predicted molar refractivity (Wildman–Crippen MR) is 131 cm³/mol. The Hall–Kier alpha value is -2.91. The lowest BCUT2D eigenvalue weighted by atomic mass is 9.93. The maximum Gasteiger partial charge on any atom is 0.246 e. The van der Waals surface area contributed by atoms with Gasteiger partial charge in [0.25, 0.3) is 0 Å². The topological polar surface area (TPSA) is 139 Å². The Balaban J connectivity index is 1.65. The van der Waals surface area contributed by atoms with Crippen molar-refractivity contribution in [2.24, 2.45) is 5.73 Å². The molecule has 1 fully saturated rings. The summed E-state index contributed by atoms with van der Waals surface area (Å²) in [5.41, 5.74) is 8.21. The summed E-state index contributed by atoms with van der Waals surface area (Å²) in [6, 6.07) is 12.1. The van der Waals surface area contributed by atoms with E-state index in [2.05, 4.69) is 10.6 Å². The van der Waals surface area contributed by atoms with Gasteiger partial charge in [-0.15, -0.1) is 0 Å². The normalized spacial score (nSPS) is 20.0. The number of phenolic OH excluding ortho intramolecular Hbond substituents is 1. The van der Waals surface area contributed by atoms with E-state index in [-0.39, 0.29) is 24.3 Å². The van der Waals surface area contributed by atoms with Gasteiger partial charge in [0.05, 0.1) is 17.5 Å². The van der Waals surface area contributed by atoms with Crippen LogP contribution in [0.1, 0.15) is 35.1 Å². The number of hydrogen-bond acceptors (Lipinski definition) is 6. The third-order valence-electron chi connectivity index (χ3n) is 6.32. The zero-order valence-electron chi connectivity index (χ0n) is 19.6. The number of aromatic hydroxyl groups is 1. The van der Waals surface area contributed by atoms with Crippen LogP contribution in [0.15, 0.2) is 42.5 Å². The number of benzene rings is 2. The molecule has 0 radical (unpaired) electrons. The molecule has 8 nitrogen and oxygen atoms in total. The smallest absolute Gasteiger partial charge is 0.246 e. The molecule has 1 aliphatic heterocycles. The molecule has 0 spiro atoms. The minimum Gasteiger partial charge on any atom is -0.508 e. The molecule has 2 amide bonds. The van der Waals surface area contributed by atoms with Crippen LogP contribution in [0.2, 0.25) is 0 Å². The second-order valence-electron chi connectivity index (χ2n) is 9.13. The van der Waals surface area contributed by atoms with E-state index in [1.54, 1.807) is 12.1 Å². The van der Waals surface area contributed by atoms with E-state index in [4.69, 9.17) is 5.73 Å². The SMILES string of the molecule is Cc1cc(O)cc(C)c1CC(N)C(=O)NC1(C(=O)NCCCc2ccccc2)CCS(=O)(=O)C1. The van der Waals surface area contributed by atoms with E-state index in [1.165, 1.54) is 0 Å². The number of hydrogen-bond donors (Lipinski definition) is 4. The molecule has 34 heavy (non-hydrogen) atoms. The molecule has 2 atom stereocenters. The highest BCUT2D eigenvalue weighted by molar-refractivity contribution is 7.91. The lowest BCUT2D eigenvalue weighted by Crippen LogP contribution is -2.62. The lowest BCUT2D eigenvalue weighted by Gasteiger charge is -2.29. The van der Waals surface area contributed by atoms with Crippen molar-refractivity contribution in [3.05, 3.63) is 64.7 Å². The van der Waals surface area contributed by atoms with Gasteiger partial charge in [-0.25, -0.2) is 8.42 Å². The van der Waals surface area contributed by atoms with Gasteiger partial charge >= 0.3 is 0 Å². The van der Waals surface area contributed by atoms with E-state index in [0.717, 1.165) is 28.7 Å². The van der Waals surface area contributed by atoms with Gasteiger partial charge in [-0.3, -0.25) is 9.59 Å². The molecule has 0 saturated carbocycles. The minimum absolute atomic E-state index is 0.00950. The Labute approximate surface area is 200 Å². The van der Waals surface area contributed by atoms with Gasteiger partial charge in [0.2, 0.25) is 11.8 Å². The van der Waals surface area contributed by atoms with E-state index in [0.29, 0.717) is 13.0 Å². The van der Waals surface area contributed by atoms with Crippen molar-refractivity contribution in [2.75, 3.05) is 18.1 Å². The number of nitrogens with one attached hydrogen (secondary N) is 2. The van der Waals surface area contributed by atoms with Gasteiger partial charge in [-0.1, -0.05) is 30.3 Å². The number of sulfone groups is 1. The number of carbonyl (C=O) groups is 2. The van der Waals surface area contributed by atoms with Crippen LogP contribution in [0.25, 0.3) is 0 Å². The number of rotatable bonds is 9. The van der Waals surface area contributed by atoms with Crippen LogP contribution < -0.4 is 16.4 Å². The Morgan fingerprint density at radius 2 is 1.79 bits per heavy atom. The van der Waals surface area contributed by atoms with Crippen LogP contribution in [0, 0.1) is 13.8 Å². The maximum atomic E-state index is 13.1. The van der Waals surface area contributed by atoms with Crippen LogP contribution in [0.4, 0.5) is 0 Å². The highest BCUT2D eigenvalue weighted by Crippen LogP contribution is 2.25. The summed E-state index contributed by atoms with van der Waals surface area (Å²) in [7, 11) is -3.47. The van der Waals surface area contributed by atoms with E-state index >= 15 is 0 Å². The van der Waals surface area contributed by atoms with Crippen LogP contribution in [-0.2, 0) is 32.3 Å². The number of nitrogens with two attached hydrogens (primary N) is 1. The summed E-state index contributed by atoms with van der Waals surface area (Å²) >= 11 is 0. The van der Waals surface area contributed by atoms with Crippen molar-refractivity contribution >= 4 is 21.7 Å². The van der Waals surface area contributed by atoms with Crippen LogP contribution >= 0.6 is 0 Å². The fraction of sp³-hybridized carbons (Fsp3) is 0.440. The molecule has 5 N–H and O–H groups in total. The van der Waals surface area contributed by atoms with Gasteiger partial charge in [0, 0.05) is 6.54 Å². The Morgan fingerprint density at radius 3 is 2.38 bits per heavy atom. The van der Waals surface area contributed by atoms with Gasteiger partial charge in [0.15, 0.2) is 9.84 Å². The fourth-order valence-electron chi connectivity index (χ4n) is 4.43. The second-order valence-corrected chi connectivity index (χ2v) is 11.3. The highest BCUT2D eigenvalue weighted by atomic mass is 32.2. The summed E-state index contributed by atoms with van der Waals surface area (Å²) in [4.78, 5) is 26.0. The van der Waals surface area contributed by atoms with Gasteiger partial charge in [-0.05, 0) is 73.9 Å². The van der Waals surface area contributed by atoms with Crippen LogP contribution in [-0.4, -0.2) is 55.0 Å². The first-order chi connectivity index (χ1) is 16.0. The summed E-state index contributed by atoms with van der Waals surface area (Å²) in [6.45, 7) is 4.00. The Bertz CT molecular complexity index is 1130. The van der Waals surface area contributed by atoms with Crippen molar-refractivity contribution in [2.45, 2.75) is 51.1 Å². The van der Waals surface area contributed by atoms with Gasteiger partial charge < -0.3 is 21.5 Å². The molecule has 1 saturated heterocycles. The number of carbonyl (C=O) groups excluding carboxylic acids is 2. The molecule has 0 aliphatic carbocycles. The molecule has 1 aliphatic rings. The minimum atomic E-state index is -3.47. The summed E-state index contributed by atoms with van der Waals surface area (Å²) in [5.74, 6) is -1.56. The second kappa shape index (κ2) is 10.6. The molecule has 184 valence electrons. The van der Waals surface area contributed by atoms with Gasteiger partial charge in [0.1, 0.15) is 11.3 Å². The first-order valence-electron chi connectivity index (χ1n) is 11.4. The highest BCUT2D eigenvalue weighted by Gasteiger charge is 2.49.